The van der Waals surface area contributed by atoms with Crippen LogP contribution in [0.15, 0.2) is 6.07 Å². The van der Waals surface area contributed by atoms with E-state index in [0.717, 1.165) is 30.5 Å². The summed E-state index contributed by atoms with van der Waals surface area (Å²) in [4.78, 5) is 15.8. The van der Waals surface area contributed by atoms with Crippen LogP contribution in [0.25, 0.3) is 0 Å². The van der Waals surface area contributed by atoms with Gasteiger partial charge in [0.05, 0.1) is 0 Å². The molecule has 0 spiro atoms. The van der Waals surface area contributed by atoms with Crippen molar-refractivity contribution < 1.29 is 9.90 Å². The predicted octanol–water partition coefficient (Wildman–Crippen LogP) is 2.82. The summed E-state index contributed by atoms with van der Waals surface area (Å²) in [5, 5.41) is 12.5. The topological polar surface area (TPSA) is 62.2 Å². The highest BCUT2D eigenvalue weighted by Gasteiger charge is 2.22. The van der Waals surface area contributed by atoms with Crippen molar-refractivity contribution in [3.63, 3.8) is 0 Å². The van der Waals surface area contributed by atoms with E-state index in [4.69, 9.17) is 0 Å². The Morgan fingerprint density at radius 2 is 2.26 bits per heavy atom. The van der Waals surface area contributed by atoms with Gasteiger partial charge in [0.15, 0.2) is 0 Å². The number of carbonyl (C=O) groups is 1. The number of hydrogen-bond acceptors (Lipinski definition) is 4. The van der Waals surface area contributed by atoms with Crippen LogP contribution in [-0.4, -0.2) is 33.6 Å². The van der Waals surface area contributed by atoms with Crippen molar-refractivity contribution in [2.75, 3.05) is 18.1 Å². The highest BCUT2D eigenvalue weighted by molar-refractivity contribution is 7.99. The number of hydrogen-bond donors (Lipinski definition) is 2. The van der Waals surface area contributed by atoms with Crippen LogP contribution < -0.4 is 5.32 Å². The second kappa shape index (κ2) is 5.41. The Labute approximate surface area is 118 Å². The minimum Gasteiger partial charge on any atom is -0.478 e. The lowest BCUT2D eigenvalue weighted by atomic mass is 10.1. The molecule has 0 aromatic carbocycles. The van der Waals surface area contributed by atoms with E-state index in [1.54, 1.807) is 17.8 Å². The maximum Gasteiger partial charge on any atom is 0.339 e. The lowest BCUT2D eigenvalue weighted by molar-refractivity contribution is 0.0697. The number of pyridine rings is 1. The number of nitrogens with one attached hydrogen (secondary N) is 1. The second-order valence-electron chi connectivity index (χ2n) is 5.47. The quantitative estimate of drug-likeness (QED) is 0.868. The van der Waals surface area contributed by atoms with E-state index in [1.807, 2.05) is 0 Å². The summed E-state index contributed by atoms with van der Waals surface area (Å²) in [7, 11) is 0. The molecule has 1 aromatic rings. The fraction of sp³-hybridized carbons (Fsp3) is 0.571. The molecule has 4 nitrogen and oxygen atoms in total. The van der Waals surface area contributed by atoms with Gasteiger partial charge in [-0.2, -0.15) is 11.8 Å². The van der Waals surface area contributed by atoms with E-state index in [1.165, 1.54) is 0 Å². The van der Waals surface area contributed by atoms with E-state index >= 15 is 0 Å². The van der Waals surface area contributed by atoms with Gasteiger partial charge >= 0.3 is 5.97 Å². The fourth-order valence-corrected chi connectivity index (χ4v) is 2.36. The first kappa shape index (κ1) is 14.2. The van der Waals surface area contributed by atoms with Gasteiger partial charge in [-0.25, -0.2) is 9.78 Å². The molecule has 5 heteroatoms. The molecular formula is C14H20N2O2S. The highest BCUT2D eigenvalue weighted by Crippen LogP contribution is 2.27. The molecule has 1 heterocycles. The Kier molecular flexibility index (Phi) is 4.04. The van der Waals surface area contributed by atoms with Crippen molar-refractivity contribution in [3.8, 4) is 0 Å². The van der Waals surface area contributed by atoms with Gasteiger partial charge in [-0.3, -0.25) is 0 Å². The number of anilines is 1. The van der Waals surface area contributed by atoms with E-state index in [-0.39, 0.29) is 10.3 Å². The van der Waals surface area contributed by atoms with E-state index in [9.17, 15) is 9.90 Å². The number of fused-ring (bicyclic) bond motifs is 1. The maximum absolute atomic E-state index is 11.3. The third-order valence-corrected chi connectivity index (χ3v) is 4.76. The molecule has 0 atom stereocenters. The van der Waals surface area contributed by atoms with Gasteiger partial charge in [-0.1, -0.05) is 0 Å². The number of aryl methyl sites for hydroxylation is 2. The average molecular weight is 280 g/mol. The SMILES string of the molecule is CSC(C)(C)CNc1nc2c(cc1C(=O)O)CCC2. The van der Waals surface area contributed by atoms with Gasteiger partial charge in [0, 0.05) is 17.0 Å². The van der Waals surface area contributed by atoms with Gasteiger partial charge in [0.1, 0.15) is 11.4 Å². The van der Waals surface area contributed by atoms with Crippen molar-refractivity contribution in [2.45, 2.75) is 37.9 Å². The molecule has 0 radical (unpaired) electrons. The van der Waals surface area contributed by atoms with Crippen LogP contribution in [0.5, 0.6) is 0 Å². The summed E-state index contributed by atoms with van der Waals surface area (Å²) >= 11 is 1.75. The normalized spacial score (nSPS) is 14.3. The molecule has 104 valence electrons. The molecule has 1 aliphatic carbocycles. The smallest absolute Gasteiger partial charge is 0.339 e. The Hall–Kier alpha value is -1.23. The van der Waals surface area contributed by atoms with Crippen molar-refractivity contribution >= 4 is 23.5 Å². The molecule has 0 saturated carbocycles. The van der Waals surface area contributed by atoms with Crippen molar-refractivity contribution in [1.29, 1.82) is 0 Å². The largest absolute Gasteiger partial charge is 0.478 e. The average Bonchev–Trinajstić information content (AvgIpc) is 2.82. The summed E-state index contributed by atoms with van der Waals surface area (Å²) in [6.45, 7) is 4.94. The lowest BCUT2D eigenvalue weighted by Crippen LogP contribution is -2.27. The molecule has 1 aliphatic rings. The zero-order valence-electron chi connectivity index (χ0n) is 11.6. The first-order valence-corrected chi connectivity index (χ1v) is 7.70. The maximum atomic E-state index is 11.3. The van der Waals surface area contributed by atoms with Crippen LogP contribution in [0.4, 0.5) is 5.82 Å². The van der Waals surface area contributed by atoms with E-state index in [0.29, 0.717) is 12.4 Å². The van der Waals surface area contributed by atoms with E-state index in [2.05, 4.69) is 30.4 Å². The summed E-state index contributed by atoms with van der Waals surface area (Å²) in [5.41, 5.74) is 2.43. The molecular weight excluding hydrogens is 260 g/mol. The number of aromatic carboxylic acids is 1. The molecule has 19 heavy (non-hydrogen) atoms. The van der Waals surface area contributed by atoms with Gasteiger partial charge in [-0.15, -0.1) is 0 Å². The first-order valence-electron chi connectivity index (χ1n) is 6.48. The van der Waals surface area contributed by atoms with Crippen molar-refractivity contribution in [2.24, 2.45) is 0 Å². The van der Waals surface area contributed by atoms with Crippen LogP contribution in [0.2, 0.25) is 0 Å². The second-order valence-corrected chi connectivity index (χ2v) is 6.98. The molecule has 1 aromatic heterocycles. The number of carboxylic acids is 1. The minimum absolute atomic E-state index is 0.0521. The molecule has 0 saturated heterocycles. The summed E-state index contributed by atoms with van der Waals surface area (Å²) in [6.07, 6.45) is 5.02. The zero-order valence-corrected chi connectivity index (χ0v) is 12.4. The molecule has 0 amide bonds. The van der Waals surface area contributed by atoms with Crippen LogP contribution in [0.3, 0.4) is 0 Å². The van der Waals surface area contributed by atoms with Crippen LogP contribution in [0, 0.1) is 0 Å². The van der Waals surface area contributed by atoms with Crippen LogP contribution in [0.1, 0.15) is 41.9 Å². The standard InChI is InChI=1S/C14H20N2O2S/c1-14(2,19-3)8-15-12-10(13(17)18)7-9-5-4-6-11(9)16-12/h7H,4-6,8H2,1-3H3,(H,15,16)(H,17,18). The van der Waals surface area contributed by atoms with Crippen LogP contribution in [-0.2, 0) is 12.8 Å². The Bertz CT molecular complexity index is 500. The molecule has 2 N–H and O–H groups in total. The van der Waals surface area contributed by atoms with Gasteiger partial charge in [-0.05, 0) is 51.0 Å². The minimum atomic E-state index is -0.911. The summed E-state index contributed by atoms with van der Waals surface area (Å²) in [5.74, 6) is -0.401. The number of aromatic nitrogens is 1. The van der Waals surface area contributed by atoms with Crippen LogP contribution >= 0.6 is 11.8 Å². The molecule has 2 rings (SSSR count). The third kappa shape index (κ3) is 3.21. The fourth-order valence-electron chi connectivity index (χ4n) is 2.14. The lowest BCUT2D eigenvalue weighted by Gasteiger charge is -2.23. The summed E-state index contributed by atoms with van der Waals surface area (Å²) < 4.78 is 0.0521. The number of thioether (sulfide) groups is 1. The first-order chi connectivity index (χ1) is 8.93. The van der Waals surface area contributed by atoms with Gasteiger partial charge < -0.3 is 10.4 Å². The number of nitrogens with zero attached hydrogens (tertiary/aromatic N) is 1. The van der Waals surface area contributed by atoms with Gasteiger partial charge in [0.25, 0.3) is 0 Å². The number of carboxylic acid groups (broad SMARTS) is 1. The van der Waals surface area contributed by atoms with Gasteiger partial charge in [0.2, 0.25) is 0 Å². The summed E-state index contributed by atoms with van der Waals surface area (Å²) in [6, 6.07) is 1.78. The Morgan fingerprint density at radius 1 is 1.53 bits per heavy atom. The van der Waals surface area contributed by atoms with Crippen molar-refractivity contribution in [1.82, 2.24) is 4.98 Å². The predicted molar refractivity (Wildman–Crippen MR) is 79.3 cm³/mol. The molecule has 0 unspecified atom stereocenters. The zero-order chi connectivity index (χ0) is 14.0. The molecule has 0 aliphatic heterocycles. The number of rotatable bonds is 5. The molecule has 0 bridgehead atoms. The Balaban J connectivity index is 2.26. The monoisotopic (exact) mass is 280 g/mol. The van der Waals surface area contributed by atoms with Crippen molar-refractivity contribution in [3.05, 3.63) is 22.9 Å². The van der Waals surface area contributed by atoms with E-state index < -0.39 is 5.97 Å². The molecule has 0 fully saturated rings. The highest BCUT2D eigenvalue weighted by atomic mass is 32.2. The Morgan fingerprint density at radius 3 is 2.89 bits per heavy atom. The third-order valence-electron chi connectivity index (χ3n) is 3.52.